The summed E-state index contributed by atoms with van der Waals surface area (Å²) in [5.74, 6) is 4.64. The van der Waals surface area contributed by atoms with Gasteiger partial charge in [0.2, 0.25) is 0 Å². The van der Waals surface area contributed by atoms with Crippen LogP contribution in [0.4, 0.5) is 0 Å². The van der Waals surface area contributed by atoms with Crippen LogP contribution in [0.5, 0.6) is 5.75 Å². The Balaban J connectivity index is 2.26. The first-order valence-corrected chi connectivity index (χ1v) is 7.87. The molecule has 1 saturated heterocycles. The molecule has 1 heterocycles. The van der Waals surface area contributed by atoms with Crippen LogP contribution in [0, 0.1) is 0 Å². The summed E-state index contributed by atoms with van der Waals surface area (Å²) in [5, 5.41) is 0. The molecule has 18 heavy (non-hydrogen) atoms. The fourth-order valence-electron chi connectivity index (χ4n) is 2.55. The van der Waals surface area contributed by atoms with Crippen molar-refractivity contribution in [3.05, 3.63) is 29.3 Å². The van der Waals surface area contributed by atoms with Gasteiger partial charge < -0.3 is 10.5 Å². The van der Waals surface area contributed by atoms with Gasteiger partial charge in [-0.15, -0.1) is 0 Å². The number of benzene rings is 1. The van der Waals surface area contributed by atoms with Gasteiger partial charge in [-0.3, -0.25) is 0 Å². The monoisotopic (exact) mass is 265 g/mol. The average molecular weight is 265 g/mol. The van der Waals surface area contributed by atoms with Crippen molar-refractivity contribution in [2.45, 2.75) is 31.6 Å². The highest BCUT2D eigenvalue weighted by Crippen LogP contribution is 2.35. The van der Waals surface area contributed by atoms with Crippen LogP contribution in [0.15, 0.2) is 18.2 Å². The van der Waals surface area contributed by atoms with Crippen molar-refractivity contribution in [3.63, 3.8) is 0 Å². The van der Waals surface area contributed by atoms with Crippen LogP contribution in [0.25, 0.3) is 0 Å². The third kappa shape index (κ3) is 3.01. The molecule has 100 valence electrons. The second-order valence-electron chi connectivity index (χ2n) is 5.02. The highest BCUT2D eigenvalue weighted by atomic mass is 32.2. The number of nitrogens with two attached hydrogens (primary N) is 1. The molecule has 0 aromatic heterocycles. The first-order valence-electron chi connectivity index (χ1n) is 6.72. The van der Waals surface area contributed by atoms with Crippen LogP contribution >= 0.6 is 11.8 Å². The van der Waals surface area contributed by atoms with Crippen LogP contribution in [-0.4, -0.2) is 25.2 Å². The average Bonchev–Trinajstić information content (AvgIpc) is 2.46. The molecule has 2 rings (SSSR count). The molecule has 1 unspecified atom stereocenters. The van der Waals surface area contributed by atoms with E-state index < -0.39 is 0 Å². The number of hydrogen-bond acceptors (Lipinski definition) is 3. The summed E-state index contributed by atoms with van der Waals surface area (Å²) in [7, 11) is 1.74. The predicted octanol–water partition coefficient (Wildman–Crippen LogP) is 3.37. The van der Waals surface area contributed by atoms with Crippen molar-refractivity contribution >= 4 is 11.8 Å². The number of ether oxygens (including phenoxy) is 1. The maximum absolute atomic E-state index is 5.80. The Hall–Kier alpha value is -0.670. The molecule has 0 saturated carbocycles. The van der Waals surface area contributed by atoms with Gasteiger partial charge in [0.15, 0.2) is 0 Å². The fraction of sp³-hybridized carbons (Fsp3) is 0.600. The standard InChI is InChI=1S/C15H23NOS/c1-11(10-16)14-9-13(3-4-15(14)17-2)12-5-7-18-8-6-12/h3-4,9,11-12H,5-8,10,16H2,1-2H3. The predicted molar refractivity (Wildman–Crippen MR) is 79.8 cm³/mol. The van der Waals surface area contributed by atoms with Crippen LogP contribution in [-0.2, 0) is 0 Å². The van der Waals surface area contributed by atoms with Gasteiger partial charge in [-0.05, 0) is 59.9 Å². The Morgan fingerprint density at radius 3 is 2.72 bits per heavy atom. The molecule has 1 aliphatic heterocycles. The van der Waals surface area contributed by atoms with Crippen molar-refractivity contribution in [1.82, 2.24) is 0 Å². The quantitative estimate of drug-likeness (QED) is 0.906. The zero-order valence-electron chi connectivity index (χ0n) is 11.3. The van der Waals surface area contributed by atoms with Crippen molar-refractivity contribution in [3.8, 4) is 5.75 Å². The Bertz CT molecular complexity index is 388. The molecule has 0 amide bonds. The fourth-order valence-corrected chi connectivity index (χ4v) is 3.66. The minimum absolute atomic E-state index is 0.359. The zero-order valence-corrected chi connectivity index (χ0v) is 12.1. The summed E-state index contributed by atoms with van der Waals surface area (Å²) < 4.78 is 5.45. The van der Waals surface area contributed by atoms with Gasteiger partial charge in [-0.25, -0.2) is 0 Å². The summed E-state index contributed by atoms with van der Waals surface area (Å²) in [6.45, 7) is 2.83. The normalized spacial score (nSPS) is 18.6. The van der Waals surface area contributed by atoms with Crippen molar-refractivity contribution < 1.29 is 4.74 Å². The smallest absolute Gasteiger partial charge is 0.122 e. The molecular formula is C15H23NOS. The van der Waals surface area contributed by atoms with Gasteiger partial charge in [-0.2, -0.15) is 11.8 Å². The van der Waals surface area contributed by atoms with Gasteiger partial charge >= 0.3 is 0 Å². The van der Waals surface area contributed by atoms with Gasteiger partial charge in [0.1, 0.15) is 5.75 Å². The molecule has 1 aromatic rings. The van der Waals surface area contributed by atoms with E-state index in [1.165, 1.54) is 35.5 Å². The Morgan fingerprint density at radius 2 is 2.11 bits per heavy atom. The first-order chi connectivity index (χ1) is 8.76. The van der Waals surface area contributed by atoms with Gasteiger partial charge in [0, 0.05) is 0 Å². The molecule has 1 fully saturated rings. The van der Waals surface area contributed by atoms with Crippen LogP contribution in [0.2, 0.25) is 0 Å². The third-order valence-electron chi connectivity index (χ3n) is 3.83. The lowest BCUT2D eigenvalue weighted by Gasteiger charge is -2.24. The van der Waals surface area contributed by atoms with E-state index in [2.05, 4.69) is 36.9 Å². The molecule has 3 heteroatoms. The second kappa shape index (κ2) is 6.48. The number of methoxy groups -OCH3 is 1. The molecule has 0 bridgehead atoms. The van der Waals surface area contributed by atoms with E-state index in [1.54, 1.807) is 7.11 Å². The van der Waals surface area contributed by atoms with E-state index in [-0.39, 0.29) is 0 Å². The molecule has 0 aliphatic carbocycles. The largest absolute Gasteiger partial charge is 0.496 e. The minimum atomic E-state index is 0.359. The third-order valence-corrected chi connectivity index (χ3v) is 4.88. The van der Waals surface area contributed by atoms with Crippen LogP contribution < -0.4 is 10.5 Å². The molecule has 1 atom stereocenters. The van der Waals surface area contributed by atoms with Crippen molar-refractivity contribution in [2.24, 2.45) is 5.73 Å². The minimum Gasteiger partial charge on any atom is -0.496 e. The van der Waals surface area contributed by atoms with Crippen LogP contribution in [0.3, 0.4) is 0 Å². The lowest BCUT2D eigenvalue weighted by molar-refractivity contribution is 0.406. The molecule has 2 nitrogen and oxygen atoms in total. The first kappa shape index (κ1) is 13.8. The van der Waals surface area contributed by atoms with Gasteiger partial charge in [-0.1, -0.05) is 19.1 Å². The lowest BCUT2D eigenvalue weighted by Crippen LogP contribution is -2.12. The highest BCUT2D eigenvalue weighted by molar-refractivity contribution is 7.99. The molecule has 0 spiro atoms. The highest BCUT2D eigenvalue weighted by Gasteiger charge is 2.18. The molecule has 1 aliphatic rings. The lowest BCUT2D eigenvalue weighted by atomic mass is 9.89. The van der Waals surface area contributed by atoms with E-state index in [1.807, 2.05) is 0 Å². The Kier molecular flexibility index (Phi) is 4.95. The molecule has 2 N–H and O–H groups in total. The number of hydrogen-bond donors (Lipinski definition) is 1. The Morgan fingerprint density at radius 1 is 1.39 bits per heavy atom. The van der Waals surface area contributed by atoms with E-state index >= 15 is 0 Å². The summed E-state index contributed by atoms with van der Waals surface area (Å²) in [4.78, 5) is 0. The summed E-state index contributed by atoms with van der Waals surface area (Å²) in [6.07, 6.45) is 2.60. The van der Waals surface area contributed by atoms with Crippen molar-refractivity contribution in [1.29, 1.82) is 0 Å². The summed E-state index contributed by atoms with van der Waals surface area (Å²) >= 11 is 2.07. The molecular weight excluding hydrogens is 242 g/mol. The van der Waals surface area contributed by atoms with Gasteiger partial charge in [0.05, 0.1) is 7.11 Å². The maximum Gasteiger partial charge on any atom is 0.122 e. The van der Waals surface area contributed by atoms with E-state index in [0.717, 1.165) is 11.7 Å². The second-order valence-corrected chi connectivity index (χ2v) is 6.25. The topological polar surface area (TPSA) is 35.2 Å². The molecule has 0 radical (unpaired) electrons. The van der Waals surface area contributed by atoms with Crippen molar-refractivity contribution in [2.75, 3.05) is 25.2 Å². The summed E-state index contributed by atoms with van der Waals surface area (Å²) in [5.41, 5.74) is 8.52. The molecule has 1 aromatic carbocycles. The number of thioether (sulfide) groups is 1. The zero-order chi connectivity index (χ0) is 13.0. The van der Waals surface area contributed by atoms with E-state index in [0.29, 0.717) is 12.5 Å². The van der Waals surface area contributed by atoms with E-state index in [4.69, 9.17) is 10.5 Å². The Labute approximate surface area is 114 Å². The number of rotatable bonds is 4. The maximum atomic E-state index is 5.80. The SMILES string of the molecule is COc1ccc(C2CCSCC2)cc1C(C)CN. The van der Waals surface area contributed by atoms with Gasteiger partial charge in [0.25, 0.3) is 0 Å². The van der Waals surface area contributed by atoms with Crippen LogP contribution in [0.1, 0.15) is 42.7 Å². The van der Waals surface area contributed by atoms with E-state index in [9.17, 15) is 0 Å². The summed E-state index contributed by atoms with van der Waals surface area (Å²) in [6, 6.07) is 6.65.